The van der Waals surface area contributed by atoms with Gasteiger partial charge in [0.25, 0.3) is 0 Å². The van der Waals surface area contributed by atoms with E-state index in [1.165, 1.54) is 0 Å². The van der Waals surface area contributed by atoms with Gasteiger partial charge in [0.15, 0.2) is 0 Å². The molecule has 1 heterocycles. The molecule has 2 rings (SSSR count). The molecule has 0 saturated carbocycles. The van der Waals surface area contributed by atoms with Crippen LogP contribution >= 0.6 is 0 Å². The number of benzene rings is 1. The summed E-state index contributed by atoms with van der Waals surface area (Å²) < 4.78 is 3.34. The first-order chi connectivity index (χ1) is 8.72. The number of rotatable bonds is 5. The molecule has 1 aromatic heterocycles. The average molecular weight is 247 g/mol. The van der Waals surface area contributed by atoms with Crippen molar-refractivity contribution in [3.8, 4) is 11.8 Å². The Morgan fingerprint density at radius 3 is 2.56 bits per heavy atom. The summed E-state index contributed by atoms with van der Waals surface area (Å²) in [5, 5.41) is 19.7. The van der Waals surface area contributed by atoms with Crippen molar-refractivity contribution in [3.05, 3.63) is 42.2 Å². The molecule has 0 saturated heterocycles. The van der Waals surface area contributed by atoms with Gasteiger partial charge in [-0.25, -0.2) is 0 Å². The molecule has 0 fully saturated rings. The van der Waals surface area contributed by atoms with Crippen LogP contribution in [-0.2, 0) is 13.1 Å². The van der Waals surface area contributed by atoms with Crippen LogP contribution in [-0.4, -0.2) is 14.8 Å². The van der Waals surface area contributed by atoms with Crippen LogP contribution in [0.2, 0.25) is 0 Å². The monoisotopic (exact) mass is 247 g/mol. The van der Waals surface area contributed by atoms with Crippen LogP contribution < -0.4 is 4.57 Å². The molecule has 96 valence electrons. The number of hydrogen-bond acceptors (Lipinski definition) is 2. The molecule has 2 N–H and O–H groups in total. The molecule has 0 aliphatic rings. The second kappa shape index (κ2) is 5.58. The summed E-state index contributed by atoms with van der Waals surface area (Å²) in [6.07, 6.45) is 3.79. The van der Waals surface area contributed by atoms with Gasteiger partial charge in [-0.3, -0.25) is 0 Å². The van der Waals surface area contributed by atoms with E-state index in [0.717, 1.165) is 24.9 Å². The van der Waals surface area contributed by atoms with E-state index in [4.69, 9.17) is 0 Å². The van der Waals surface area contributed by atoms with E-state index in [2.05, 4.69) is 6.92 Å². The molecule has 0 radical (unpaired) electrons. The van der Waals surface area contributed by atoms with E-state index in [-0.39, 0.29) is 11.8 Å². The van der Waals surface area contributed by atoms with E-state index in [0.29, 0.717) is 6.54 Å². The summed E-state index contributed by atoms with van der Waals surface area (Å²) in [6.45, 7) is 3.37. The fraction of sp³-hybridized carbons (Fsp3) is 0.357. The van der Waals surface area contributed by atoms with Crippen molar-refractivity contribution in [1.29, 1.82) is 0 Å². The zero-order valence-electron chi connectivity index (χ0n) is 10.6. The number of unbranched alkanes of at least 4 members (excludes halogenated alkanes) is 1. The quantitative estimate of drug-likeness (QED) is 0.794. The first kappa shape index (κ1) is 12.5. The van der Waals surface area contributed by atoms with Crippen molar-refractivity contribution < 1.29 is 14.8 Å². The Hall–Kier alpha value is -1.97. The van der Waals surface area contributed by atoms with Crippen LogP contribution in [0.4, 0.5) is 0 Å². The lowest BCUT2D eigenvalue weighted by Gasteiger charge is -1.97. The number of aryl methyl sites for hydroxylation is 1. The Kier molecular flexibility index (Phi) is 3.87. The van der Waals surface area contributed by atoms with Crippen LogP contribution in [0.3, 0.4) is 0 Å². The molecule has 0 spiro atoms. The Morgan fingerprint density at radius 2 is 1.89 bits per heavy atom. The fourth-order valence-corrected chi connectivity index (χ4v) is 1.92. The van der Waals surface area contributed by atoms with Crippen LogP contribution in [0.5, 0.6) is 11.8 Å². The van der Waals surface area contributed by atoms with Crippen molar-refractivity contribution >= 4 is 0 Å². The number of hydrogen-bond donors (Lipinski definition) is 2. The molecule has 0 aliphatic heterocycles. The summed E-state index contributed by atoms with van der Waals surface area (Å²) in [4.78, 5) is 0. The molecule has 0 aliphatic carbocycles. The summed E-state index contributed by atoms with van der Waals surface area (Å²) in [7, 11) is 0. The van der Waals surface area contributed by atoms with Crippen LogP contribution in [0.1, 0.15) is 25.3 Å². The van der Waals surface area contributed by atoms with Gasteiger partial charge in [0.1, 0.15) is 6.54 Å². The molecule has 4 heteroatoms. The molecule has 1 aromatic carbocycles. The second-order valence-electron chi connectivity index (χ2n) is 4.42. The lowest BCUT2D eigenvalue weighted by Crippen LogP contribution is -2.32. The zero-order valence-corrected chi connectivity index (χ0v) is 10.6. The normalized spacial score (nSPS) is 10.7. The predicted molar refractivity (Wildman–Crippen MR) is 68.4 cm³/mol. The van der Waals surface area contributed by atoms with Gasteiger partial charge in [-0.15, -0.1) is 0 Å². The first-order valence-corrected chi connectivity index (χ1v) is 6.26. The highest BCUT2D eigenvalue weighted by Crippen LogP contribution is 2.21. The van der Waals surface area contributed by atoms with Gasteiger partial charge >= 0.3 is 11.8 Å². The third-order valence-corrected chi connectivity index (χ3v) is 2.97. The van der Waals surface area contributed by atoms with Crippen molar-refractivity contribution in [2.75, 3.05) is 0 Å². The largest absolute Gasteiger partial charge is 0.472 e. The van der Waals surface area contributed by atoms with E-state index < -0.39 is 0 Å². The Labute approximate surface area is 107 Å². The molecular formula is C14H19N2O2+. The third kappa shape index (κ3) is 2.64. The lowest BCUT2D eigenvalue weighted by molar-refractivity contribution is -0.693. The molecule has 0 unspecified atom stereocenters. The number of imidazole rings is 1. The Morgan fingerprint density at radius 1 is 1.17 bits per heavy atom. The van der Waals surface area contributed by atoms with Gasteiger partial charge < -0.3 is 10.2 Å². The first-order valence-electron chi connectivity index (χ1n) is 6.26. The van der Waals surface area contributed by atoms with Crippen molar-refractivity contribution in [3.63, 3.8) is 0 Å². The minimum atomic E-state index is -0.0741. The highest BCUT2D eigenvalue weighted by Gasteiger charge is 2.21. The van der Waals surface area contributed by atoms with E-state index in [9.17, 15) is 10.2 Å². The summed E-state index contributed by atoms with van der Waals surface area (Å²) in [5.74, 6) is -0.130. The minimum absolute atomic E-state index is 0.0561. The predicted octanol–water partition coefficient (Wildman–Crippen LogP) is 2.04. The SMILES string of the molecule is CCCCn1c[n+](Cc2ccccc2)c(O)c1O. The van der Waals surface area contributed by atoms with Gasteiger partial charge in [-0.2, -0.15) is 9.13 Å². The van der Waals surface area contributed by atoms with E-state index in [1.54, 1.807) is 15.5 Å². The van der Waals surface area contributed by atoms with Gasteiger partial charge in [0.05, 0.1) is 6.54 Å². The van der Waals surface area contributed by atoms with Gasteiger partial charge in [-0.1, -0.05) is 43.7 Å². The van der Waals surface area contributed by atoms with Gasteiger partial charge in [-0.05, 0) is 12.0 Å². The maximum absolute atomic E-state index is 9.87. The van der Waals surface area contributed by atoms with Crippen LogP contribution in [0.25, 0.3) is 0 Å². The number of nitrogens with zero attached hydrogens (tertiary/aromatic N) is 2. The lowest BCUT2D eigenvalue weighted by atomic mass is 10.2. The van der Waals surface area contributed by atoms with Gasteiger partial charge in [0.2, 0.25) is 6.33 Å². The molecule has 0 amide bonds. The number of aromatic nitrogens is 2. The fourth-order valence-electron chi connectivity index (χ4n) is 1.92. The van der Waals surface area contributed by atoms with Crippen molar-refractivity contribution in [2.24, 2.45) is 0 Å². The standard InChI is InChI=1S/C14H18N2O2/c1-2-3-9-15-11-16(14(18)13(15)17)10-12-7-5-4-6-8-12/h4-8,11H,2-3,9-10H2,1H3,(H-,17,18)/p+1. The summed E-state index contributed by atoms with van der Waals surface area (Å²) in [5.41, 5.74) is 1.09. The Balaban J connectivity index is 2.18. The maximum Gasteiger partial charge on any atom is 0.370 e. The van der Waals surface area contributed by atoms with E-state index >= 15 is 0 Å². The van der Waals surface area contributed by atoms with E-state index in [1.807, 2.05) is 30.3 Å². The van der Waals surface area contributed by atoms with Crippen molar-refractivity contribution in [2.45, 2.75) is 32.9 Å². The highest BCUT2D eigenvalue weighted by atomic mass is 16.3. The van der Waals surface area contributed by atoms with Gasteiger partial charge in [0, 0.05) is 0 Å². The average Bonchev–Trinajstić information content (AvgIpc) is 2.66. The number of aromatic hydroxyl groups is 2. The highest BCUT2D eigenvalue weighted by molar-refractivity contribution is 5.19. The van der Waals surface area contributed by atoms with Crippen LogP contribution in [0.15, 0.2) is 36.7 Å². The second-order valence-corrected chi connectivity index (χ2v) is 4.42. The summed E-state index contributed by atoms with van der Waals surface area (Å²) >= 11 is 0. The van der Waals surface area contributed by atoms with Crippen molar-refractivity contribution in [1.82, 2.24) is 4.57 Å². The molecule has 0 atom stereocenters. The topological polar surface area (TPSA) is 49.3 Å². The molecule has 2 aromatic rings. The molecule has 18 heavy (non-hydrogen) atoms. The molecule has 0 bridgehead atoms. The zero-order chi connectivity index (χ0) is 13.0. The molecular weight excluding hydrogens is 228 g/mol. The third-order valence-electron chi connectivity index (χ3n) is 2.97. The molecule has 4 nitrogen and oxygen atoms in total. The Bertz CT molecular complexity index is 506. The minimum Gasteiger partial charge on any atom is -0.472 e. The summed E-state index contributed by atoms with van der Waals surface area (Å²) in [6, 6.07) is 9.86. The smallest absolute Gasteiger partial charge is 0.370 e. The van der Waals surface area contributed by atoms with Crippen LogP contribution in [0, 0.1) is 0 Å². The maximum atomic E-state index is 9.87.